The Morgan fingerprint density at radius 1 is 0.769 bits per heavy atom. The second-order valence-corrected chi connectivity index (χ2v) is 13.7. The highest BCUT2D eigenvalue weighted by Gasteiger charge is 2.40. The van der Waals surface area contributed by atoms with Gasteiger partial charge in [-0.1, -0.05) is 90.5 Å². The zero-order valence-electron chi connectivity index (χ0n) is 28.6. The number of benzene rings is 5. The molecule has 1 N–H and O–H groups in total. The van der Waals surface area contributed by atoms with Crippen LogP contribution in [-0.2, 0) is 16.2 Å². The minimum absolute atomic E-state index is 0.0770. The zero-order valence-corrected chi connectivity index (χ0v) is 29.3. The maximum atomic E-state index is 14.3. The van der Waals surface area contributed by atoms with Gasteiger partial charge in [0.05, 0.1) is 12.8 Å². The van der Waals surface area contributed by atoms with Crippen molar-refractivity contribution in [3.05, 3.63) is 159 Å². The molecule has 0 spiro atoms. The average Bonchev–Trinajstić information content (AvgIpc) is 3.17. The minimum Gasteiger partial charge on any atom is -0.493 e. The van der Waals surface area contributed by atoms with Gasteiger partial charge in [0.25, 0.3) is 11.8 Å². The lowest BCUT2D eigenvalue weighted by Crippen LogP contribution is -2.54. The van der Waals surface area contributed by atoms with Crippen LogP contribution >= 0.6 is 11.6 Å². The van der Waals surface area contributed by atoms with Crippen LogP contribution in [0.25, 0.3) is 6.08 Å². The lowest BCUT2D eigenvalue weighted by atomic mass is 9.76. The fraction of sp³-hybridized carbons (Fsp3) is 0.186. The molecular formula is C43H36ClN3O5. The molecule has 4 amide bonds. The van der Waals surface area contributed by atoms with Crippen molar-refractivity contribution < 1.29 is 23.9 Å². The maximum absolute atomic E-state index is 14.3. The Morgan fingerprint density at radius 3 is 1.98 bits per heavy atom. The third-order valence-electron chi connectivity index (χ3n) is 10.2. The van der Waals surface area contributed by atoms with E-state index < -0.39 is 17.8 Å². The third-order valence-corrected chi connectivity index (χ3v) is 10.4. The molecule has 1 fully saturated rings. The van der Waals surface area contributed by atoms with E-state index in [9.17, 15) is 14.4 Å². The fourth-order valence-corrected chi connectivity index (χ4v) is 7.79. The Bertz CT molecular complexity index is 2130. The maximum Gasteiger partial charge on any atom is 0.335 e. The van der Waals surface area contributed by atoms with E-state index in [1.165, 1.54) is 30.0 Å². The van der Waals surface area contributed by atoms with E-state index in [-0.39, 0.29) is 17.4 Å². The van der Waals surface area contributed by atoms with Crippen LogP contribution < -0.4 is 24.6 Å². The largest absolute Gasteiger partial charge is 0.493 e. The number of urea groups is 1. The SMILES string of the molecule is COc1cc(/C=C2\C(=O)NC(=O)N(c3cc4c5c(c3)[C@H](c3ccccc3)CCN5CC[C@H]4c3ccccc3)C2=O)ccc1OCc1ccc(Cl)cc1. The van der Waals surface area contributed by atoms with E-state index in [1.54, 1.807) is 30.3 Å². The molecule has 2 atom stereocenters. The first-order valence-electron chi connectivity index (χ1n) is 17.4. The van der Waals surface area contributed by atoms with E-state index in [4.69, 9.17) is 21.1 Å². The fourth-order valence-electron chi connectivity index (χ4n) is 7.66. The van der Waals surface area contributed by atoms with Gasteiger partial charge in [-0.3, -0.25) is 14.9 Å². The number of hydrogen-bond donors (Lipinski definition) is 1. The molecule has 0 saturated carbocycles. The van der Waals surface area contributed by atoms with E-state index in [0.717, 1.165) is 47.5 Å². The quantitative estimate of drug-likeness (QED) is 0.129. The first-order valence-corrected chi connectivity index (χ1v) is 17.7. The molecule has 9 heteroatoms. The first kappa shape index (κ1) is 33.3. The van der Waals surface area contributed by atoms with Gasteiger partial charge in [0.15, 0.2) is 11.5 Å². The van der Waals surface area contributed by atoms with E-state index in [1.807, 2.05) is 60.7 Å². The summed E-state index contributed by atoms with van der Waals surface area (Å²) in [5.74, 6) is -0.380. The number of anilines is 2. The monoisotopic (exact) mass is 709 g/mol. The molecule has 1 saturated heterocycles. The summed E-state index contributed by atoms with van der Waals surface area (Å²) >= 11 is 6.01. The van der Waals surface area contributed by atoms with Gasteiger partial charge in [-0.2, -0.15) is 0 Å². The van der Waals surface area contributed by atoms with Crippen molar-refractivity contribution in [3.8, 4) is 11.5 Å². The summed E-state index contributed by atoms with van der Waals surface area (Å²) in [6.07, 6.45) is 3.29. The van der Waals surface area contributed by atoms with Crippen molar-refractivity contribution >= 4 is 46.9 Å². The molecule has 5 aromatic carbocycles. The molecule has 0 radical (unpaired) electrons. The zero-order chi connectivity index (χ0) is 35.8. The van der Waals surface area contributed by atoms with E-state index in [2.05, 4.69) is 34.5 Å². The van der Waals surface area contributed by atoms with E-state index in [0.29, 0.717) is 34.4 Å². The number of amides is 4. The topological polar surface area (TPSA) is 88.2 Å². The van der Waals surface area contributed by atoms with Gasteiger partial charge in [-0.25, -0.2) is 9.69 Å². The van der Waals surface area contributed by atoms with Gasteiger partial charge in [0, 0.05) is 35.6 Å². The van der Waals surface area contributed by atoms with Crippen molar-refractivity contribution in [1.82, 2.24) is 5.32 Å². The number of carbonyl (C=O) groups excluding carboxylic acids is 3. The number of carbonyl (C=O) groups is 3. The Morgan fingerprint density at radius 2 is 1.38 bits per heavy atom. The molecule has 3 aliphatic heterocycles. The number of methoxy groups -OCH3 is 1. The molecule has 8 nitrogen and oxygen atoms in total. The van der Waals surface area contributed by atoms with Crippen LogP contribution in [0.4, 0.5) is 16.2 Å². The molecular weight excluding hydrogens is 674 g/mol. The van der Waals surface area contributed by atoms with Gasteiger partial charge in [0.2, 0.25) is 0 Å². The summed E-state index contributed by atoms with van der Waals surface area (Å²) in [5, 5.41) is 3.06. The smallest absolute Gasteiger partial charge is 0.335 e. The van der Waals surface area contributed by atoms with Crippen molar-refractivity contribution in [3.63, 3.8) is 0 Å². The second kappa shape index (κ2) is 14.0. The van der Waals surface area contributed by atoms with Crippen LogP contribution in [0.2, 0.25) is 5.02 Å². The number of nitrogens with zero attached hydrogens (tertiary/aromatic N) is 2. The number of halogens is 1. The molecule has 3 aliphatic rings. The second-order valence-electron chi connectivity index (χ2n) is 13.2. The summed E-state index contributed by atoms with van der Waals surface area (Å²) in [4.78, 5) is 44.7. The number of rotatable bonds is 8. The van der Waals surface area contributed by atoms with E-state index >= 15 is 0 Å². The standard InChI is InChI=1S/C43H36ClN3O5/c1-51-39-23-28(14-17-38(39)52-26-27-12-15-31(44)16-13-27)22-37-41(48)45-43(50)47(42(37)49)32-24-35-33(29-8-4-2-5-9-29)18-20-46-21-19-34(36(25-32)40(35)46)30-10-6-3-7-11-30/h2-17,22-25,33-34H,18-21,26H2,1H3,(H,45,48,50)/b37-22+/t33-,34-/m0/s1. The summed E-state index contributed by atoms with van der Waals surface area (Å²) in [5.41, 5.74) is 7.43. The lowest BCUT2D eigenvalue weighted by Gasteiger charge is -2.44. The molecule has 52 heavy (non-hydrogen) atoms. The van der Waals surface area contributed by atoms with Crippen molar-refractivity contribution in [2.45, 2.75) is 31.3 Å². The summed E-state index contributed by atoms with van der Waals surface area (Å²) in [7, 11) is 1.52. The number of hydrogen-bond acceptors (Lipinski definition) is 6. The summed E-state index contributed by atoms with van der Waals surface area (Å²) < 4.78 is 11.6. The Labute approximate surface area is 307 Å². The Kier molecular flexibility index (Phi) is 8.99. The van der Waals surface area contributed by atoms with Crippen molar-refractivity contribution in [2.24, 2.45) is 0 Å². The van der Waals surface area contributed by atoms with Crippen molar-refractivity contribution in [2.75, 3.05) is 30.0 Å². The highest BCUT2D eigenvalue weighted by Crippen LogP contribution is 2.50. The molecule has 5 aromatic rings. The van der Waals surface area contributed by atoms with Crippen LogP contribution in [0.5, 0.6) is 11.5 Å². The molecule has 8 rings (SSSR count). The highest BCUT2D eigenvalue weighted by atomic mass is 35.5. The van der Waals surface area contributed by atoms with Gasteiger partial charge in [0.1, 0.15) is 12.2 Å². The van der Waals surface area contributed by atoms with Crippen LogP contribution in [0.15, 0.2) is 121 Å². The predicted octanol–water partition coefficient (Wildman–Crippen LogP) is 8.47. The highest BCUT2D eigenvalue weighted by molar-refractivity contribution is 6.39. The summed E-state index contributed by atoms with van der Waals surface area (Å²) in [6.45, 7) is 2.13. The summed E-state index contributed by atoms with van der Waals surface area (Å²) in [6, 6.07) is 36.4. The number of imide groups is 2. The average molecular weight is 710 g/mol. The number of barbiturate groups is 1. The van der Waals surface area contributed by atoms with Gasteiger partial charge >= 0.3 is 6.03 Å². The molecule has 0 aliphatic carbocycles. The normalized spacial score (nSPS) is 19.0. The number of ether oxygens (including phenoxy) is 2. The molecule has 0 bridgehead atoms. The van der Waals surface area contributed by atoms with Crippen LogP contribution in [0.1, 0.15) is 58.1 Å². The number of nitrogens with one attached hydrogen (secondary N) is 1. The molecule has 3 heterocycles. The molecule has 0 unspecified atom stereocenters. The van der Waals surface area contributed by atoms with Crippen LogP contribution in [-0.4, -0.2) is 38.0 Å². The molecule has 0 aromatic heterocycles. The van der Waals surface area contributed by atoms with Gasteiger partial charge in [-0.05, 0) is 88.7 Å². The van der Waals surface area contributed by atoms with Crippen LogP contribution in [0, 0.1) is 0 Å². The van der Waals surface area contributed by atoms with Gasteiger partial charge < -0.3 is 14.4 Å². The lowest BCUT2D eigenvalue weighted by molar-refractivity contribution is -0.122. The van der Waals surface area contributed by atoms with Gasteiger partial charge in [-0.15, -0.1) is 0 Å². The predicted molar refractivity (Wildman–Crippen MR) is 202 cm³/mol. The van der Waals surface area contributed by atoms with Crippen molar-refractivity contribution in [1.29, 1.82) is 0 Å². The molecule has 260 valence electrons. The minimum atomic E-state index is -0.779. The van der Waals surface area contributed by atoms with Crippen LogP contribution in [0.3, 0.4) is 0 Å². The first-order chi connectivity index (χ1) is 25.4. The Balaban J connectivity index is 1.17. The Hall–Kier alpha value is -5.86. The third kappa shape index (κ3) is 6.31.